The van der Waals surface area contributed by atoms with E-state index in [1.165, 1.54) is 10.1 Å². The molecule has 1 aromatic heterocycles. The maximum Gasteiger partial charge on any atom is 0.335 e. The second kappa shape index (κ2) is 5.35. The third-order valence-electron chi connectivity index (χ3n) is 3.01. The Morgan fingerprint density at radius 2 is 2.05 bits per heavy atom. The molecule has 3 rings (SSSR count). The van der Waals surface area contributed by atoms with Crippen LogP contribution in [0.4, 0.5) is 0 Å². The first kappa shape index (κ1) is 12.7. The average Bonchev–Trinajstić information content (AvgIpc) is 2.93. The minimum Gasteiger partial charge on any atom is -0.489 e. The lowest BCUT2D eigenvalue weighted by molar-refractivity contribution is 0.0696. The number of carboxylic acids is 1. The summed E-state index contributed by atoms with van der Waals surface area (Å²) < 4.78 is 6.90. The first-order valence-corrected chi connectivity index (χ1v) is 7.02. The maximum atomic E-state index is 10.9. The number of hydrogen-bond donors (Lipinski definition) is 1. The molecule has 0 unspecified atom stereocenters. The Bertz CT molecular complexity index is 761. The molecular formula is C16H12O3S. The topological polar surface area (TPSA) is 46.5 Å². The fourth-order valence-electron chi connectivity index (χ4n) is 1.99. The van der Waals surface area contributed by atoms with Crippen LogP contribution < -0.4 is 4.74 Å². The Kier molecular flexibility index (Phi) is 3.39. The van der Waals surface area contributed by atoms with Crippen LogP contribution in [0.5, 0.6) is 5.75 Å². The van der Waals surface area contributed by atoms with Crippen LogP contribution in [0, 0.1) is 0 Å². The Morgan fingerprint density at radius 3 is 2.90 bits per heavy atom. The molecule has 0 saturated heterocycles. The zero-order valence-electron chi connectivity index (χ0n) is 10.6. The smallest absolute Gasteiger partial charge is 0.335 e. The molecule has 0 atom stereocenters. The zero-order valence-corrected chi connectivity index (χ0v) is 11.4. The van der Waals surface area contributed by atoms with Crippen molar-refractivity contribution in [3.05, 3.63) is 65.0 Å². The summed E-state index contributed by atoms with van der Waals surface area (Å²) in [6.45, 7) is 0.359. The predicted molar refractivity (Wildman–Crippen MR) is 79.6 cm³/mol. The highest BCUT2D eigenvalue weighted by molar-refractivity contribution is 7.17. The first-order valence-electron chi connectivity index (χ1n) is 6.15. The number of benzene rings is 2. The lowest BCUT2D eigenvalue weighted by Gasteiger charge is -2.07. The van der Waals surface area contributed by atoms with Crippen LogP contribution in [-0.4, -0.2) is 11.1 Å². The van der Waals surface area contributed by atoms with Gasteiger partial charge < -0.3 is 9.84 Å². The first-order chi connectivity index (χ1) is 9.72. The molecule has 0 aliphatic carbocycles. The number of hydrogen-bond acceptors (Lipinski definition) is 3. The van der Waals surface area contributed by atoms with Gasteiger partial charge in [-0.1, -0.05) is 12.1 Å². The van der Waals surface area contributed by atoms with Crippen molar-refractivity contribution >= 4 is 27.4 Å². The van der Waals surface area contributed by atoms with Crippen LogP contribution in [-0.2, 0) is 6.61 Å². The highest BCUT2D eigenvalue weighted by atomic mass is 32.1. The number of carbonyl (C=O) groups is 1. The Morgan fingerprint density at radius 1 is 1.15 bits per heavy atom. The number of rotatable bonds is 4. The minimum absolute atomic E-state index is 0.278. The van der Waals surface area contributed by atoms with E-state index < -0.39 is 5.97 Å². The van der Waals surface area contributed by atoms with Gasteiger partial charge in [0.2, 0.25) is 0 Å². The van der Waals surface area contributed by atoms with Gasteiger partial charge in [-0.15, -0.1) is 11.3 Å². The second-order valence-electron chi connectivity index (χ2n) is 4.41. The highest BCUT2D eigenvalue weighted by Gasteiger charge is 2.04. The van der Waals surface area contributed by atoms with Crippen molar-refractivity contribution < 1.29 is 14.6 Å². The molecule has 0 aliphatic rings. The van der Waals surface area contributed by atoms with Crippen molar-refractivity contribution in [2.45, 2.75) is 6.61 Å². The molecule has 0 amide bonds. The Labute approximate surface area is 120 Å². The molecule has 2 aromatic carbocycles. The highest BCUT2D eigenvalue weighted by Crippen LogP contribution is 2.25. The largest absolute Gasteiger partial charge is 0.489 e. The Hall–Kier alpha value is -2.33. The molecule has 4 heteroatoms. The number of ether oxygens (including phenoxy) is 1. The third kappa shape index (κ3) is 2.65. The fraction of sp³-hybridized carbons (Fsp3) is 0.0625. The number of thiophene rings is 1. The van der Waals surface area contributed by atoms with E-state index in [0.29, 0.717) is 6.61 Å². The van der Waals surface area contributed by atoms with E-state index in [1.807, 2.05) is 29.6 Å². The second-order valence-corrected chi connectivity index (χ2v) is 5.36. The number of fused-ring (bicyclic) bond motifs is 1. The van der Waals surface area contributed by atoms with Crippen LogP contribution in [0.3, 0.4) is 0 Å². The maximum absolute atomic E-state index is 10.9. The summed E-state index contributed by atoms with van der Waals surface area (Å²) in [4.78, 5) is 10.9. The lowest BCUT2D eigenvalue weighted by atomic mass is 10.1. The summed E-state index contributed by atoms with van der Waals surface area (Å²) in [5.41, 5.74) is 1.12. The molecule has 1 N–H and O–H groups in total. The summed E-state index contributed by atoms with van der Waals surface area (Å²) in [6.07, 6.45) is 0. The fourth-order valence-corrected chi connectivity index (χ4v) is 2.80. The van der Waals surface area contributed by atoms with Crippen molar-refractivity contribution in [3.8, 4) is 5.75 Å². The van der Waals surface area contributed by atoms with Crippen molar-refractivity contribution in [3.63, 3.8) is 0 Å². The van der Waals surface area contributed by atoms with Crippen LogP contribution in [0.1, 0.15) is 15.9 Å². The number of aromatic carboxylic acids is 1. The summed E-state index contributed by atoms with van der Waals surface area (Å²) >= 11 is 1.67. The van der Waals surface area contributed by atoms with Crippen molar-refractivity contribution in [2.24, 2.45) is 0 Å². The molecule has 0 radical (unpaired) electrons. The van der Waals surface area contributed by atoms with Crippen molar-refractivity contribution in [1.29, 1.82) is 0 Å². The predicted octanol–water partition coefficient (Wildman–Crippen LogP) is 4.18. The standard InChI is InChI=1S/C16H12O3S/c17-16(18)13-3-1-2-11(8-13)10-19-14-5-4-12-6-7-20-15(12)9-14/h1-9H,10H2,(H,17,18). The summed E-state index contributed by atoms with van der Waals surface area (Å²) in [7, 11) is 0. The van der Waals surface area contributed by atoms with Crippen LogP contribution in [0.25, 0.3) is 10.1 Å². The molecule has 3 aromatic rings. The van der Waals surface area contributed by atoms with Crippen LogP contribution in [0.2, 0.25) is 0 Å². The van der Waals surface area contributed by atoms with Gasteiger partial charge in [0.1, 0.15) is 12.4 Å². The van der Waals surface area contributed by atoms with E-state index in [1.54, 1.807) is 29.5 Å². The van der Waals surface area contributed by atoms with Crippen molar-refractivity contribution in [2.75, 3.05) is 0 Å². The molecule has 1 heterocycles. The minimum atomic E-state index is -0.924. The van der Waals surface area contributed by atoms with E-state index in [2.05, 4.69) is 6.07 Å². The van der Waals surface area contributed by atoms with Gasteiger partial charge in [-0.3, -0.25) is 0 Å². The molecule has 20 heavy (non-hydrogen) atoms. The van der Waals surface area contributed by atoms with Gasteiger partial charge in [0.25, 0.3) is 0 Å². The SMILES string of the molecule is O=C(O)c1cccc(COc2ccc3ccsc3c2)c1. The quantitative estimate of drug-likeness (QED) is 0.781. The average molecular weight is 284 g/mol. The van der Waals surface area contributed by atoms with Gasteiger partial charge in [0.15, 0.2) is 0 Å². The van der Waals surface area contributed by atoms with E-state index in [4.69, 9.17) is 9.84 Å². The van der Waals surface area contributed by atoms with E-state index in [-0.39, 0.29) is 5.56 Å². The molecule has 3 nitrogen and oxygen atoms in total. The monoisotopic (exact) mass is 284 g/mol. The van der Waals surface area contributed by atoms with Gasteiger partial charge in [0, 0.05) is 4.70 Å². The summed E-state index contributed by atoms with van der Waals surface area (Å²) in [5.74, 6) is -0.132. The van der Waals surface area contributed by atoms with Gasteiger partial charge in [-0.2, -0.15) is 0 Å². The molecule has 100 valence electrons. The molecule has 0 aliphatic heterocycles. The van der Waals surface area contributed by atoms with Gasteiger partial charge in [-0.25, -0.2) is 4.79 Å². The van der Waals surface area contributed by atoms with Gasteiger partial charge in [-0.05, 0) is 52.7 Å². The number of carboxylic acid groups (broad SMARTS) is 1. The third-order valence-corrected chi connectivity index (χ3v) is 3.89. The van der Waals surface area contributed by atoms with Crippen LogP contribution >= 0.6 is 11.3 Å². The molecule has 0 fully saturated rings. The summed E-state index contributed by atoms with van der Waals surface area (Å²) in [6, 6.07) is 14.8. The lowest BCUT2D eigenvalue weighted by Crippen LogP contribution is -2.00. The molecule has 0 bridgehead atoms. The van der Waals surface area contributed by atoms with Gasteiger partial charge in [0.05, 0.1) is 5.56 Å². The van der Waals surface area contributed by atoms with E-state index in [9.17, 15) is 4.79 Å². The van der Waals surface area contributed by atoms with Crippen molar-refractivity contribution in [1.82, 2.24) is 0 Å². The van der Waals surface area contributed by atoms with Crippen LogP contribution in [0.15, 0.2) is 53.9 Å². The van der Waals surface area contributed by atoms with E-state index in [0.717, 1.165) is 11.3 Å². The summed E-state index contributed by atoms with van der Waals surface area (Å²) in [5, 5.41) is 12.2. The molecular weight excluding hydrogens is 272 g/mol. The van der Waals surface area contributed by atoms with Gasteiger partial charge >= 0.3 is 5.97 Å². The molecule has 0 spiro atoms. The normalized spacial score (nSPS) is 10.6. The zero-order chi connectivity index (χ0) is 13.9. The molecule has 0 saturated carbocycles. The van der Waals surface area contributed by atoms with E-state index >= 15 is 0 Å². The Balaban J connectivity index is 1.75.